The molecule has 0 radical (unpaired) electrons. The zero-order chi connectivity index (χ0) is 19.3. The average Bonchev–Trinajstić information content (AvgIpc) is 2.90. The van der Waals surface area contributed by atoms with Crippen LogP contribution >= 0.6 is 11.3 Å². The van der Waals surface area contributed by atoms with Gasteiger partial charge in [-0.15, -0.1) is 0 Å². The number of carbonyl (C=O) groups is 1. The molecule has 1 aromatic carbocycles. The summed E-state index contributed by atoms with van der Waals surface area (Å²) in [6.07, 6.45) is 3.14. The fourth-order valence-electron chi connectivity index (χ4n) is 2.14. The lowest BCUT2D eigenvalue weighted by atomic mass is 10.2. The normalized spacial score (nSPS) is 11.7. The van der Waals surface area contributed by atoms with Gasteiger partial charge in [0.15, 0.2) is 15.0 Å². The summed E-state index contributed by atoms with van der Waals surface area (Å²) >= 11 is 1.19. The minimum atomic E-state index is -3.28. The summed E-state index contributed by atoms with van der Waals surface area (Å²) in [7, 11) is -3.28. The van der Waals surface area contributed by atoms with Gasteiger partial charge < -0.3 is 5.32 Å². The number of carbonyl (C=O) groups excluding carboxylic acids is 1. The number of aryl methyl sites for hydroxylation is 1. The van der Waals surface area contributed by atoms with E-state index in [1.165, 1.54) is 17.6 Å². The minimum absolute atomic E-state index is 0.313. The SMILES string of the molecule is CC/C(=C\c1sc(NC(=O)Nc2cccc(C#N)c2)nc1C)S(C)(=O)=O. The number of nitrogens with one attached hydrogen (secondary N) is 2. The molecule has 7 nitrogen and oxygen atoms in total. The minimum Gasteiger partial charge on any atom is -0.308 e. The summed E-state index contributed by atoms with van der Waals surface area (Å²) in [4.78, 5) is 17.3. The zero-order valence-electron chi connectivity index (χ0n) is 14.5. The Morgan fingerprint density at radius 3 is 2.73 bits per heavy atom. The molecule has 136 valence electrons. The van der Waals surface area contributed by atoms with Crippen molar-refractivity contribution >= 4 is 44.1 Å². The molecule has 0 unspecified atom stereocenters. The second kappa shape index (κ2) is 8.12. The number of benzene rings is 1. The first-order chi connectivity index (χ1) is 12.2. The highest BCUT2D eigenvalue weighted by atomic mass is 32.2. The van der Waals surface area contributed by atoms with E-state index in [4.69, 9.17) is 5.26 Å². The van der Waals surface area contributed by atoms with Gasteiger partial charge in [-0.3, -0.25) is 5.32 Å². The molecule has 2 rings (SSSR count). The third-order valence-electron chi connectivity index (χ3n) is 3.42. The molecule has 0 atom stereocenters. The van der Waals surface area contributed by atoms with Crippen molar-refractivity contribution in [3.05, 3.63) is 45.3 Å². The molecule has 9 heteroatoms. The van der Waals surface area contributed by atoms with Gasteiger partial charge in [-0.05, 0) is 37.6 Å². The number of nitrogens with zero attached hydrogens (tertiary/aromatic N) is 2. The van der Waals surface area contributed by atoms with E-state index >= 15 is 0 Å². The highest BCUT2D eigenvalue weighted by molar-refractivity contribution is 7.94. The van der Waals surface area contributed by atoms with Crippen molar-refractivity contribution in [1.29, 1.82) is 5.26 Å². The molecule has 0 aliphatic carbocycles. The monoisotopic (exact) mass is 390 g/mol. The summed E-state index contributed by atoms with van der Waals surface area (Å²) in [5.74, 6) is 0. The van der Waals surface area contributed by atoms with E-state index in [1.807, 2.05) is 6.07 Å². The Morgan fingerprint density at radius 1 is 1.38 bits per heavy atom. The van der Waals surface area contributed by atoms with Crippen molar-refractivity contribution in [3.63, 3.8) is 0 Å². The Balaban J connectivity index is 2.15. The maximum absolute atomic E-state index is 12.1. The smallest absolute Gasteiger partial charge is 0.308 e. The molecule has 26 heavy (non-hydrogen) atoms. The molecular weight excluding hydrogens is 372 g/mol. The zero-order valence-corrected chi connectivity index (χ0v) is 16.2. The Morgan fingerprint density at radius 2 is 2.12 bits per heavy atom. The number of anilines is 2. The summed E-state index contributed by atoms with van der Waals surface area (Å²) in [6, 6.07) is 8.03. The van der Waals surface area contributed by atoms with Gasteiger partial charge in [0.1, 0.15) is 0 Å². The maximum atomic E-state index is 12.1. The van der Waals surface area contributed by atoms with Crippen molar-refractivity contribution < 1.29 is 13.2 Å². The van der Waals surface area contributed by atoms with Crippen LogP contribution in [0.15, 0.2) is 29.2 Å². The largest absolute Gasteiger partial charge is 0.325 e. The quantitative estimate of drug-likeness (QED) is 0.807. The fourth-order valence-corrected chi connectivity index (χ4v) is 4.00. The average molecular weight is 390 g/mol. The van der Waals surface area contributed by atoms with Gasteiger partial charge in [0.2, 0.25) is 0 Å². The lowest BCUT2D eigenvalue weighted by molar-refractivity contribution is 0.262. The predicted octanol–water partition coefficient (Wildman–Crippen LogP) is 3.76. The number of urea groups is 1. The third kappa shape index (κ3) is 5.15. The number of amides is 2. The second-order valence-corrected chi connectivity index (χ2v) is 8.58. The van der Waals surface area contributed by atoms with Gasteiger partial charge in [-0.2, -0.15) is 5.26 Å². The molecule has 2 aromatic rings. The predicted molar refractivity (Wildman–Crippen MR) is 104 cm³/mol. The van der Waals surface area contributed by atoms with Crippen LogP contribution in [0.5, 0.6) is 0 Å². The third-order valence-corrected chi connectivity index (χ3v) is 5.80. The van der Waals surface area contributed by atoms with Crippen molar-refractivity contribution in [2.24, 2.45) is 0 Å². The summed E-state index contributed by atoms with van der Waals surface area (Å²) < 4.78 is 23.5. The summed E-state index contributed by atoms with van der Waals surface area (Å²) in [5.41, 5.74) is 1.56. The van der Waals surface area contributed by atoms with E-state index in [9.17, 15) is 13.2 Å². The van der Waals surface area contributed by atoms with E-state index in [0.29, 0.717) is 38.3 Å². The number of aromatic nitrogens is 1. The van der Waals surface area contributed by atoms with Crippen molar-refractivity contribution in [2.45, 2.75) is 20.3 Å². The number of thiazole rings is 1. The Labute approximate surface area is 156 Å². The molecule has 1 heterocycles. The molecule has 0 aliphatic heterocycles. The molecule has 0 fully saturated rings. The summed E-state index contributed by atoms with van der Waals surface area (Å²) in [5, 5.41) is 14.5. The lowest BCUT2D eigenvalue weighted by Crippen LogP contribution is -2.19. The van der Waals surface area contributed by atoms with Gasteiger partial charge in [-0.25, -0.2) is 18.2 Å². The van der Waals surface area contributed by atoms with E-state index in [2.05, 4.69) is 15.6 Å². The van der Waals surface area contributed by atoms with E-state index < -0.39 is 15.9 Å². The van der Waals surface area contributed by atoms with Crippen molar-refractivity contribution in [3.8, 4) is 6.07 Å². The molecule has 0 bridgehead atoms. The highest BCUT2D eigenvalue weighted by Gasteiger charge is 2.14. The van der Waals surface area contributed by atoms with Gasteiger partial charge >= 0.3 is 6.03 Å². The molecular formula is C17H18N4O3S2. The number of rotatable bonds is 5. The van der Waals surface area contributed by atoms with Gasteiger partial charge in [0.25, 0.3) is 0 Å². The van der Waals surface area contributed by atoms with Gasteiger partial charge in [0.05, 0.1) is 22.2 Å². The topological polar surface area (TPSA) is 112 Å². The van der Waals surface area contributed by atoms with Crippen LogP contribution < -0.4 is 10.6 Å². The van der Waals surface area contributed by atoms with E-state index in [0.717, 1.165) is 0 Å². The highest BCUT2D eigenvalue weighted by Crippen LogP contribution is 2.27. The molecule has 0 aliphatic rings. The van der Waals surface area contributed by atoms with Crippen molar-refractivity contribution in [1.82, 2.24) is 4.98 Å². The molecule has 0 saturated heterocycles. The van der Waals surface area contributed by atoms with Gasteiger partial charge in [0, 0.05) is 16.8 Å². The van der Waals surface area contributed by atoms with E-state index in [-0.39, 0.29) is 0 Å². The molecule has 0 saturated carbocycles. The Bertz CT molecular complexity index is 1000. The molecule has 2 N–H and O–H groups in total. The Kier molecular flexibility index (Phi) is 6.13. The molecule has 1 aromatic heterocycles. The second-order valence-electron chi connectivity index (χ2n) is 5.48. The number of allylic oxidation sites excluding steroid dienone is 1. The van der Waals surface area contributed by atoms with E-state index in [1.54, 1.807) is 44.2 Å². The van der Waals surface area contributed by atoms with Crippen LogP contribution in [0, 0.1) is 18.3 Å². The number of sulfone groups is 1. The number of nitriles is 1. The van der Waals surface area contributed by atoms with Gasteiger partial charge in [-0.1, -0.05) is 24.3 Å². The van der Waals surface area contributed by atoms with Crippen LogP contribution in [0.3, 0.4) is 0 Å². The number of hydrogen-bond acceptors (Lipinski definition) is 6. The van der Waals surface area contributed by atoms with Crippen LogP contribution in [0.2, 0.25) is 0 Å². The standard InChI is InChI=1S/C17H18N4O3S2/c1-4-14(26(3,23)24)9-15-11(2)19-17(25-15)21-16(22)20-13-7-5-6-12(8-13)10-18/h5-9H,4H2,1-3H3,(H2,19,20,21,22)/b14-9+. The van der Waals surface area contributed by atoms with Crippen LogP contribution in [0.4, 0.5) is 15.6 Å². The molecule has 2 amide bonds. The first-order valence-electron chi connectivity index (χ1n) is 7.69. The van der Waals surface area contributed by atoms with Crippen LogP contribution in [0.25, 0.3) is 6.08 Å². The summed E-state index contributed by atoms with van der Waals surface area (Å²) in [6.45, 7) is 3.52. The van der Waals surface area contributed by atoms with Crippen LogP contribution in [-0.4, -0.2) is 25.7 Å². The maximum Gasteiger partial charge on any atom is 0.325 e. The first kappa shape index (κ1) is 19.6. The first-order valence-corrected chi connectivity index (χ1v) is 10.4. The molecule has 0 spiro atoms. The fraction of sp³-hybridized carbons (Fsp3) is 0.235. The van der Waals surface area contributed by atoms with Crippen molar-refractivity contribution in [2.75, 3.05) is 16.9 Å². The lowest BCUT2D eigenvalue weighted by Gasteiger charge is -2.05. The number of hydrogen-bond donors (Lipinski definition) is 2. The van der Waals surface area contributed by atoms with Crippen LogP contribution in [0.1, 0.15) is 29.5 Å². The Hall–Kier alpha value is -2.70. The van der Waals surface area contributed by atoms with Crippen LogP contribution in [-0.2, 0) is 9.84 Å².